The Morgan fingerprint density at radius 2 is 1.85 bits per heavy atom. The number of nitrogens with one attached hydrogen (secondary N) is 1. The van der Waals surface area contributed by atoms with Crippen molar-refractivity contribution in [2.24, 2.45) is 0 Å². The number of hydrogen-bond donors (Lipinski definition) is 1. The van der Waals surface area contributed by atoms with Crippen LogP contribution < -0.4 is 5.32 Å². The van der Waals surface area contributed by atoms with Crippen LogP contribution in [0.2, 0.25) is 0 Å². The highest BCUT2D eigenvalue weighted by Crippen LogP contribution is 2.16. The number of ketones is 1. The molecular weight excluding hydrogens is 260 g/mol. The van der Waals surface area contributed by atoms with Gasteiger partial charge in [-0.1, -0.05) is 17.7 Å². The first kappa shape index (κ1) is 14.2. The monoisotopic (exact) mass is 275 g/mol. The lowest BCUT2D eigenvalue weighted by Gasteiger charge is -2.10. The predicted octanol–water partition coefficient (Wildman–Crippen LogP) is 3.88. The zero-order chi connectivity index (χ0) is 14.7. The number of hydrogen-bond acceptors (Lipinski definition) is 2. The molecule has 0 amide bonds. The van der Waals surface area contributed by atoms with Crippen molar-refractivity contribution in [3.63, 3.8) is 0 Å². The van der Waals surface area contributed by atoms with Crippen LogP contribution in [0.1, 0.15) is 21.5 Å². The van der Waals surface area contributed by atoms with Gasteiger partial charge in [-0.05, 0) is 43.7 Å². The van der Waals surface area contributed by atoms with Crippen molar-refractivity contribution in [2.45, 2.75) is 13.8 Å². The summed E-state index contributed by atoms with van der Waals surface area (Å²) in [5.74, 6) is -1.82. The Labute approximate surface area is 116 Å². The van der Waals surface area contributed by atoms with E-state index in [1.54, 1.807) is 0 Å². The first-order valence-corrected chi connectivity index (χ1v) is 6.27. The Bertz CT molecular complexity index is 653. The highest BCUT2D eigenvalue weighted by Gasteiger charge is 2.12. The standard InChI is InChI=1S/C16H15F2NO/c1-10-3-6-15(11(2)7-10)19-9-16(20)13-8-12(17)4-5-14(13)18/h3-8,19H,9H2,1-2H3. The van der Waals surface area contributed by atoms with Crippen molar-refractivity contribution in [1.82, 2.24) is 0 Å². The molecule has 0 saturated carbocycles. The molecule has 0 heterocycles. The average molecular weight is 275 g/mol. The fourth-order valence-corrected chi connectivity index (χ4v) is 1.99. The second-order valence-corrected chi connectivity index (χ2v) is 4.72. The zero-order valence-electron chi connectivity index (χ0n) is 11.3. The highest BCUT2D eigenvalue weighted by molar-refractivity contribution is 5.99. The van der Waals surface area contributed by atoms with Crippen LogP contribution in [0.3, 0.4) is 0 Å². The van der Waals surface area contributed by atoms with Gasteiger partial charge in [-0.3, -0.25) is 4.79 Å². The molecule has 2 aromatic rings. The molecule has 2 aromatic carbocycles. The molecule has 104 valence electrons. The van der Waals surface area contributed by atoms with Crippen molar-refractivity contribution in [3.05, 3.63) is 64.7 Å². The molecule has 0 aliphatic carbocycles. The molecule has 2 nitrogen and oxygen atoms in total. The summed E-state index contributed by atoms with van der Waals surface area (Å²) in [5, 5.41) is 2.95. The van der Waals surface area contributed by atoms with E-state index in [0.29, 0.717) is 0 Å². The molecule has 4 heteroatoms. The number of Topliss-reactive ketones (excluding diaryl/α,β-unsaturated/α-hetero) is 1. The smallest absolute Gasteiger partial charge is 0.184 e. The van der Waals surface area contributed by atoms with Gasteiger partial charge in [0.25, 0.3) is 0 Å². The van der Waals surface area contributed by atoms with Crippen molar-refractivity contribution in [3.8, 4) is 0 Å². The molecule has 20 heavy (non-hydrogen) atoms. The van der Waals surface area contributed by atoms with Crippen LogP contribution in [0.5, 0.6) is 0 Å². The molecule has 0 unspecified atom stereocenters. The van der Waals surface area contributed by atoms with E-state index < -0.39 is 17.4 Å². The largest absolute Gasteiger partial charge is 0.377 e. The van der Waals surface area contributed by atoms with E-state index in [9.17, 15) is 13.6 Å². The quantitative estimate of drug-likeness (QED) is 0.858. The van der Waals surface area contributed by atoms with Gasteiger partial charge in [-0.2, -0.15) is 0 Å². The summed E-state index contributed by atoms with van der Waals surface area (Å²) in [7, 11) is 0. The summed E-state index contributed by atoms with van der Waals surface area (Å²) in [4.78, 5) is 11.9. The number of carbonyl (C=O) groups is 1. The predicted molar refractivity (Wildman–Crippen MR) is 75.1 cm³/mol. The van der Waals surface area contributed by atoms with Gasteiger partial charge in [-0.15, -0.1) is 0 Å². The summed E-state index contributed by atoms with van der Waals surface area (Å²) in [6, 6.07) is 8.63. The first-order chi connectivity index (χ1) is 9.47. The van der Waals surface area contributed by atoms with Gasteiger partial charge in [0, 0.05) is 5.69 Å². The molecule has 0 aromatic heterocycles. The third kappa shape index (κ3) is 3.20. The molecule has 2 rings (SSSR count). The summed E-state index contributed by atoms with van der Waals surface area (Å²) in [5.41, 5.74) is 2.69. The van der Waals surface area contributed by atoms with Gasteiger partial charge in [0.15, 0.2) is 5.78 Å². The molecule has 0 aliphatic heterocycles. The summed E-state index contributed by atoms with van der Waals surface area (Å²) >= 11 is 0. The van der Waals surface area contributed by atoms with Crippen LogP contribution in [-0.4, -0.2) is 12.3 Å². The van der Waals surface area contributed by atoms with Crippen molar-refractivity contribution in [2.75, 3.05) is 11.9 Å². The number of halogens is 2. The minimum Gasteiger partial charge on any atom is -0.377 e. The van der Waals surface area contributed by atoms with Gasteiger partial charge in [0.2, 0.25) is 0 Å². The van der Waals surface area contributed by atoms with Gasteiger partial charge in [-0.25, -0.2) is 8.78 Å². The topological polar surface area (TPSA) is 29.1 Å². The fraction of sp³-hybridized carbons (Fsp3) is 0.188. The Kier molecular flexibility index (Phi) is 4.13. The van der Waals surface area contributed by atoms with E-state index in [1.165, 1.54) is 0 Å². The summed E-state index contributed by atoms with van der Waals surface area (Å²) in [6.07, 6.45) is 0. The maximum Gasteiger partial charge on any atom is 0.184 e. The number of rotatable bonds is 4. The fourth-order valence-electron chi connectivity index (χ4n) is 1.99. The SMILES string of the molecule is Cc1ccc(NCC(=O)c2cc(F)ccc2F)c(C)c1. The number of carbonyl (C=O) groups excluding carboxylic acids is 1. The minimum absolute atomic E-state index is 0.0791. The van der Waals surface area contributed by atoms with E-state index >= 15 is 0 Å². The second kappa shape index (κ2) is 5.82. The Hall–Kier alpha value is -2.23. The van der Waals surface area contributed by atoms with Crippen molar-refractivity contribution >= 4 is 11.5 Å². The van der Waals surface area contributed by atoms with Crippen molar-refractivity contribution < 1.29 is 13.6 Å². The summed E-state index contributed by atoms with van der Waals surface area (Å²) in [6.45, 7) is 3.82. The van der Waals surface area contributed by atoms with E-state index in [4.69, 9.17) is 0 Å². The maximum absolute atomic E-state index is 13.5. The third-order valence-electron chi connectivity index (χ3n) is 3.05. The number of aryl methyl sites for hydroxylation is 2. The lowest BCUT2D eigenvalue weighted by atomic mass is 10.1. The van der Waals surface area contributed by atoms with Crippen LogP contribution in [0.25, 0.3) is 0 Å². The minimum atomic E-state index is -0.709. The third-order valence-corrected chi connectivity index (χ3v) is 3.05. The lowest BCUT2D eigenvalue weighted by Crippen LogP contribution is -2.16. The molecule has 1 N–H and O–H groups in total. The van der Waals surface area contributed by atoms with Gasteiger partial charge >= 0.3 is 0 Å². The molecule has 0 fully saturated rings. The normalized spacial score (nSPS) is 10.4. The molecule has 0 atom stereocenters. The van der Waals surface area contributed by atoms with Gasteiger partial charge in [0.1, 0.15) is 11.6 Å². The molecule has 0 radical (unpaired) electrons. The first-order valence-electron chi connectivity index (χ1n) is 6.27. The Morgan fingerprint density at radius 1 is 1.10 bits per heavy atom. The maximum atomic E-state index is 13.5. The van der Waals surface area contributed by atoms with Crippen LogP contribution in [0.15, 0.2) is 36.4 Å². The van der Waals surface area contributed by atoms with Gasteiger partial charge in [0.05, 0.1) is 12.1 Å². The van der Waals surface area contributed by atoms with Crippen molar-refractivity contribution in [1.29, 1.82) is 0 Å². The van der Waals surface area contributed by atoms with Crippen LogP contribution >= 0.6 is 0 Å². The van der Waals surface area contributed by atoms with Crippen LogP contribution in [0.4, 0.5) is 14.5 Å². The molecule has 0 saturated heterocycles. The van der Waals surface area contributed by atoms with E-state index in [0.717, 1.165) is 35.0 Å². The van der Waals surface area contributed by atoms with E-state index in [2.05, 4.69) is 5.32 Å². The Morgan fingerprint density at radius 3 is 2.55 bits per heavy atom. The molecule has 0 aliphatic rings. The lowest BCUT2D eigenvalue weighted by molar-refractivity contribution is 0.100. The summed E-state index contributed by atoms with van der Waals surface area (Å²) < 4.78 is 26.5. The molecular formula is C16H15F2NO. The Balaban J connectivity index is 2.10. The second-order valence-electron chi connectivity index (χ2n) is 4.72. The van der Waals surface area contributed by atoms with Gasteiger partial charge < -0.3 is 5.32 Å². The van der Waals surface area contributed by atoms with E-state index in [-0.39, 0.29) is 12.1 Å². The van der Waals surface area contributed by atoms with Crippen LogP contribution in [0, 0.1) is 25.5 Å². The molecule has 0 bridgehead atoms. The highest BCUT2D eigenvalue weighted by atomic mass is 19.1. The van der Waals surface area contributed by atoms with Crippen LogP contribution in [-0.2, 0) is 0 Å². The zero-order valence-corrected chi connectivity index (χ0v) is 11.3. The van der Waals surface area contributed by atoms with E-state index in [1.807, 2.05) is 32.0 Å². The average Bonchev–Trinajstić information content (AvgIpc) is 2.40. The molecule has 0 spiro atoms. The number of anilines is 1. The number of benzene rings is 2.